The van der Waals surface area contributed by atoms with Crippen molar-refractivity contribution in [2.24, 2.45) is 5.10 Å². The fraction of sp³-hybridized carbons (Fsp3) is 0.192. The number of para-hydroxylation sites is 1. The maximum absolute atomic E-state index is 13.6. The van der Waals surface area contributed by atoms with Gasteiger partial charge in [-0.1, -0.05) is 47.5 Å². The standard InChI is InChI=1S/C26H22BrFN4O4/c1-2-3-10-24-30-22-12-11-19(27)14-21(22)26(33)31(24)29-15-18-7-5-9-23(32(34)35)25(18)36-16-17-6-4-8-20(28)13-17/h4-9,11-15H,2-3,10,16H2,1H3. The monoisotopic (exact) mass is 552 g/mol. The Kier molecular flexibility index (Phi) is 7.84. The van der Waals surface area contributed by atoms with Gasteiger partial charge in [0, 0.05) is 22.5 Å². The Morgan fingerprint density at radius 2 is 2.00 bits per heavy atom. The molecule has 8 nitrogen and oxygen atoms in total. The van der Waals surface area contributed by atoms with Crippen molar-refractivity contribution in [3.63, 3.8) is 0 Å². The molecule has 184 valence electrons. The second-order valence-electron chi connectivity index (χ2n) is 8.03. The summed E-state index contributed by atoms with van der Waals surface area (Å²) in [5.74, 6) is 0.0191. The molecular weight excluding hydrogens is 531 g/mol. The molecule has 4 rings (SSSR count). The van der Waals surface area contributed by atoms with E-state index in [-0.39, 0.29) is 23.6 Å². The van der Waals surface area contributed by atoms with Crippen LogP contribution in [0.4, 0.5) is 10.1 Å². The zero-order valence-electron chi connectivity index (χ0n) is 19.4. The van der Waals surface area contributed by atoms with Crippen LogP contribution in [0, 0.1) is 15.9 Å². The van der Waals surface area contributed by atoms with Crippen molar-refractivity contribution in [3.05, 3.63) is 108 Å². The highest BCUT2D eigenvalue weighted by atomic mass is 79.9. The van der Waals surface area contributed by atoms with Gasteiger partial charge in [0.25, 0.3) is 5.56 Å². The quantitative estimate of drug-likeness (QED) is 0.144. The molecule has 1 heterocycles. The van der Waals surface area contributed by atoms with Gasteiger partial charge in [0.15, 0.2) is 0 Å². The van der Waals surface area contributed by atoms with Gasteiger partial charge in [-0.2, -0.15) is 9.78 Å². The number of unbranched alkanes of at least 4 members (excludes halogenated alkanes) is 1. The first-order valence-corrected chi connectivity index (χ1v) is 12.1. The van der Waals surface area contributed by atoms with Crippen LogP contribution in [-0.2, 0) is 13.0 Å². The number of aryl methyl sites for hydroxylation is 1. The molecule has 0 radical (unpaired) electrons. The number of fused-ring (bicyclic) bond motifs is 1. The van der Waals surface area contributed by atoms with Crippen LogP contribution in [0.5, 0.6) is 5.75 Å². The van der Waals surface area contributed by atoms with Crippen molar-refractivity contribution < 1.29 is 14.1 Å². The van der Waals surface area contributed by atoms with Gasteiger partial charge in [0.2, 0.25) is 5.75 Å². The van der Waals surface area contributed by atoms with Crippen LogP contribution in [0.15, 0.2) is 75.0 Å². The fourth-order valence-corrected chi connectivity index (χ4v) is 4.02. The molecule has 0 unspecified atom stereocenters. The first-order chi connectivity index (χ1) is 17.4. The number of hydrogen-bond acceptors (Lipinski definition) is 6. The maximum atomic E-state index is 13.6. The molecular formula is C26H22BrFN4O4. The summed E-state index contributed by atoms with van der Waals surface area (Å²) in [6, 6.07) is 15.5. The number of halogens is 2. The number of nitro benzene ring substituents is 1. The molecule has 0 saturated carbocycles. The van der Waals surface area contributed by atoms with Crippen molar-refractivity contribution in [1.29, 1.82) is 0 Å². The van der Waals surface area contributed by atoms with E-state index >= 15 is 0 Å². The molecule has 0 aliphatic rings. The zero-order valence-corrected chi connectivity index (χ0v) is 20.9. The van der Waals surface area contributed by atoms with E-state index < -0.39 is 10.7 Å². The van der Waals surface area contributed by atoms with Crippen LogP contribution < -0.4 is 10.3 Å². The molecule has 10 heteroatoms. The molecule has 4 aromatic rings. The zero-order chi connectivity index (χ0) is 25.7. The normalized spacial score (nSPS) is 11.3. The van der Waals surface area contributed by atoms with Crippen molar-refractivity contribution in [1.82, 2.24) is 9.66 Å². The van der Waals surface area contributed by atoms with E-state index in [4.69, 9.17) is 4.74 Å². The SMILES string of the molecule is CCCCc1nc2ccc(Br)cc2c(=O)n1N=Cc1cccc([N+](=O)[O-])c1OCc1cccc(F)c1. The third-order valence-corrected chi connectivity index (χ3v) is 5.93. The predicted molar refractivity (Wildman–Crippen MR) is 139 cm³/mol. The van der Waals surface area contributed by atoms with E-state index in [0.29, 0.717) is 34.3 Å². The molecule has 0 amide bonds. The summed E-state index contributed by atoms with van der Waals surface area (Å²) in [6.07, 6.45) is 3.59. The van der Waals surface area contributed by atoms with Crippen LogP contribution in [0.2, 0.25) is 0 Å². The highest BCUT2D eigenvalue weighted by Gasteiger charge is 2.19. The minimum Gasteiger partial charge on any atom is -0.481 e. The summed E-state index contributed by atoms with van der Waals surface area (Å²) in [5, 5.41) is 16.4. The van der Waals surface area contributed by atoms with E-state index in [1.165, 1.54) is 41.2 Å². The Bertz CT molecular complexity index is 1520. The number of hydrogen-bond donors (Lipinski definition) is 0. The highest BCUT2D eigenvalue weighted by Crippen LogP contribution is 2.31. The summed E-state index contributed by atoms with van der Waals surface area (Å²) < 4.78 is 21.3. The molecule has 3 aromatic carbocycles. The smallest absolute Gasteiger partial charge is 0.311 e. The fourth-order valence-electron chi connectivity index (χ4n) is 3.66. The van der Waals surface area contributed by atoms with Gasteiger partial charge in [-0.15, -0.1) is 0 Å². The van der Waals surface area contributed by atoms with Crippen molar-refractivity contribution >= 4 is 38.7 Å². The maximum Gasteiger partial charge on any atom is 0.311 e. The topological polar surface area (TPSA) is 99.6 Å². The number of benzene rings is 3. The van der Waals surface area contributed by atoms with Gasteiger partial charge in [-0.05, 0) is 48.4 Å². The Morgan fingerprint density at radius 1 is 1.19 bits per heavy atom. The van der Waals surface area contributed by atoms with Gasteiger partial charge in [0.05, 0.1) is 22.0 Å². The second-order valence-corrected chi connectivity index (χ2v) is 8.94. The molecule has 0 N–H and O–H groups in total. The van der Waals surface area contributed by atoms with Crippen LogP contribution in [0.3, 0.4) is 0 Å². The number of rotatable bonds is 9. The van der Waals surface area contributed by atoms with Gasteiger partial charge < -0.3 is 4.74 Å². The van der Waals surface area contributed by atoms with Crippen LogP contribution in [0.25, 0.3) is 10.9 Å². The Labute approximate surface area is 214 Å². The Balaban J connectivity index is 1.77. The Morgan fingerprint density at radius 3 is 2.75 bits per heavy atom. The molecule has 36 heavy (non-hydrogen) atoms. The van der Waals surface area contributed by atoms with Crippen LogP contribution >= 0.6 is 15.9 Å². The third-order valence-electron chi connectivity index (χ3n) is 5.44. The summed E-state index contributed by atoms with van der Waals surface area (Å²) in [4.78, 5) is 29.0. The summed E-state index contributed by atoms with van der Waals surface area (Å²) in [7, 11) is 0. The Hall–Kier alpha value is -3.92. The minimum absolute atomic E-state index is 0.0323. The average Bonchev–Trinajstić information content (AvgIpc) is 2.86. The summed E-state index contributed by atoms with van der Waals surface area (Å²) >= 11 is 3.38. The number of nitrogens with zero attached hydrogens (tertiary/aromatic N) is 4. The average molecular weight is 553 g/mol. The van der Waals surface area contributed by atoms with E-state index in [1.807, 2.05) is 13.0 Å². The molecule has 1 aromatic heterocycles. The summed E-state index contributed by atoms with van der Waals surface area (Å²) in [6.45, 7) is 1.95. The van der Waals surface area contributed by atoms with E-state index in [1.54, 1.807) is 24.3 Å². The first kappa shape index (κ1) is 25.2. The molecule has 0 aliphatic heterocycles. The third kappa shape index (κ3) is 5.65. The van der Waals surface area contributed by atoms with Gasteiger partial charge >= 0.3 is 5.69 Å². The van der Waals surface area contributed by atoms with Gasteiger partial charge in [-0.3, -0.25) is 14.9 Å². The lowest BCUT2D eigenvalue weighted by Gasteiger charge is -2.11. The first-order valence-electron chi connectivity index (χ1n) is 11.3. The van der Waals surface area contributed by atoms with Crippen LogP contribution in [-0.4, -0.2) is 20.8 Å². The lowest BCUT2D eigenvalue weighted by molar-refractivity contribution is -0.385. The number of nitro groups is 1. The minimum atomic E-state index is -0.563. The van der Waals surface area contributed by atoms with Crippen molar-refractivity contribution in [2.45, 2.75) is 32.8 Å². The molecule has 0 fully saturated rings. The lowest BCUT2D eigenvalue weighted by Crippen LogP contribution is -2.22. The molecule has 0 saturated heterocycles. The van der Waals surface area contributed by atoms with E-state index in [0.717, 1.165) is 17.3 Å². The second kappa shape index (κ2) is 11.2. The van der Waals surface area contributed by atoms with Crippen LogP contribution in [0.1, 0.15) is 36.7 Å². The lowest BCUT2D eigenvalue weighted by atomic mass is 10.2. The van der Waals surface area contributed by atoms with Crippen molar-refractivity contribution in [2.75, 3.05) is 0 Å². The van der Waals surface area contributed by atoms with E-state index in [9.17, 15) is 19.3 Å². The highest BCUT2D eigenvalue weighted by molar-refractivity contribution is 9.10. The molecule has 0 atom stereocenters. The predicted octanol–water partition coefficient (Wildman–Crippen LogP) is 6.01. The van der Waals surface area contributed by atoms with E-state index in [2.05, 4.69) is 26.0 Å². The number of aromatic nitrogens is 2. The van der Waals surface area contributed by atoms with Crippen molar-refractivity contribution in [3.8, 4) is 5.75 Å². The largest absolute Gasteiger partial charge is 0.481 e. The molecule has 0 bridgehead atoms. The molecule has 0 aliphatic carbocycles. The summed E-state index contributed by atoms with van der Waals surface area (Å²) in [5.41, 5.74) is 0.753. The number of ether oxygens (including phenoxy) is 1. The molecule has 0 spiro atoms. The van der Waals surface area contributed by atoms with Gasteiger partial charge in [-0.25, -0.2) is 9.37 Å². The van der Waals surface area contributed by atoms with Gasteiger partial charge in [0.1, 0.15) is 18.2 Å².